The summed E-state index contributed by atoms with van der Waals surface area (Å²) in [5.41, 5.74) is 0. The van der Waals surface area contributed by atoms with Crippen molar-refractivity contribution in [2.75, 3.05) is 6.61 Å². The number of allylic oxidation sites excluding steroid dienone is 23. The van der Waals surface area contributed by atoms with Gasteiger partial charge in [-0.3, -0.25) is 4.79 Å². The van der Waals surface area contributed by atoms with Crippen LogP contribution in [0, 0.1) is 0 Å². The van der Waals surface area contributed by atoms with E-state index in [9.17, 15) is 15.0 Å². The molecular weight excluding hydrogens is 675 g/mol. The zero-order chi connectivity index (χ0) is 40.0. The molecule has 1 amide bonds. The molecule has 0 aliphatic heterocycles. The Bertz CT molecular complexity index is 1220. The molecule has 4 heteroatoms. The lowest BCUT2D eigenvalue weighted by Crippen LogP contribution is -2.45. The molecule has 0 radical (unpaired) electrons. The molecule has 55 heavy (non-hydrogen) atoms. The predicted molar refractivity (Wildman–Crippen MR) is 243 cm³/mol. The van der Waals surface area contributed by atoms with E-state index in [1.54, 1.807) is 6.08 Å². The van der Waals surface area contributed by atoms with Gasteiger partial charge in [-0.2, -0.15) is 0 Å². The van der Waals surface area contributed by atoms with E-state index in [2.05, 4.69) is 153 Å². The third-order valence-electron chi connectivity index (χ3n) is 8.55. The molecule has 0 saturated heterocycles. The minimum Gasteiger partial charge on any atom is -0.394 e. The van der Waals surface area contributed by atoms with E-state index >= 15 is 0 Å². The normalized spacial score (nSPS) is 14.5. The Hall–Kier alpha value is -3.73. The van der Waals surface area contributed by atoms with Gasteiger partial charge in [0.25, 0.3) is 0 Å². The summed E-state index contributed by atoms with van der Waals surface area (Å²) in [4.78, 5) is 12.3. The summed E-state index contributed by atoms with van der Waals surface area (Å²) in [6.45, 7) is 4.02. The van der Waals surface area contributed by atoms with Crippen LogP contribution >= 0.6 is 0 Å². The van der Waals surface area contributed by atoms with Crippen molar-refractivity contribution < 1.29 is 15.0 Å². The van der Waals surface area contributed by atoms with E-state index in [4.69, 9.17) is 0 Å². The molecule has 0 heterocycles. The number of carbonyl (C=O) groups is 1. The van der Waals surface area contributed by atoms with Gasteiger partial charge in [0.2, 0.25) is 5.91 Å². The molecule has 3 N–H and O–H groups in total. The summed E-state index contributed by atoms with van der Waals surface area (Å²) in [5, 5.41) is 22.8. The van der Waals surface area contributed by atoms with Crippen molar-refractivity contribution in [3.63, 3.8) is 0 Å². The van der Waals surface area contributed by atoms with Crippen LogP contribution in [0.2, 0.25) is 0 Å². The van der Waals surface area contributed by atoms with E-state index < -0.39 is 12.1 Å². The number of hydrogen-bond donors (Lipinski definition) is 3. The van der Waals surface area contributed by atoms with Crippen LogP contribution in [0.5, 0.6) is 0 Å². The molecule has 0 bridgehead atoms. The van der Waals surface area contributed by atoms with Gasteiger partial charge in [0.05, 0.1) is 18.8 Å². The summed E-state index contributed by atoms with van der Waals surface area (Å²) in [7, 11) is 0. The number of aliphatic hydroxyl groups is 2. The van der Waals surface area contributed by atoms with Crippen LogP contribution in [0.1, 0.15) is 149 Å². The summed E-state index contributed by atoms with van der Waals surface area (Å²) in [6.07, 6.45) is 72.4. The van der Waals surface area contributed by atoms with E-state index in [0.717, 1.165) is 122 Å². The predicted octanol–water partition coefficient (Wildman–Crippen LogP) is 13.7. The maximum atomic E-state index is 12.3. The van der Waals surface area contributed by atoms with Crippen molar-refractivity contribution in [3.8, 4) is 0 Å². The van der Waals surface area contributed by atoms with Crippen LogP contribution in [0.4, 0.5) is 0 Å². The van der Waals surface area contributed by atoms with E-state index in [0.29, 0.717) is 6.42 Å². The summed E-state index contributed by atoms with van der Waals surface area (Å²) >= 11 is 0. The van der Waals surface area contributed by atoms with Crippen LogP contribution in [-0.4, -0.2) is 34.9 Å². The molecule has 0 aromatic carbocycles. The van der Waals surface area contributed by atoms with E-state index in [-0.39, 0.29) is 12.5 Å². The number of nitrogens with one attached hydrogen (secondary N) is 1. The lowest BCUT2D eigenvalue weighted by Gasteiger charge is -2.19. The highest BCUT2D eigenvalue weighted by Crippen LogP contribution is 2.09. The highest BCUT2D eigenvalue weighted by atomic mass is 16.3. The number of hydrogen-bond acceptors (Lipinski definition) is 3. The Morgan fingerprint density at radius 2 is 0.764 bits per heavy atom. The van der Waals surface area contributed by atoms with Crippen molar-refractivity contribution in [3.05, 3.63) is 146 Å². The second kappa shape index (κ2) is 44.7. The zero-order valence-electron chi connectivity index (χ0n) is 34.9. The molecule has 0 aliphatic rings. The summed E-state index contributed by atoms with van der Waals surface area (Å²) in [6, 6.07) is -0.665. The van der Waals surface area contributed by atoms with Gasteiger partial charge in [-0.25, -0.2) is 0 Å². The standard InChI is InChI=1S/C51H79NO3/c1-3-5-7-9-11-13-15-16-17-18-19-20-21-22-23-24-25-26-27-28-29-30-31-32-33-34-35-36-37-39-41-43-45-47-51(55)52-49(48-53)50(54)46-44-42-40-38-14-12-10-8-6-4-2/h5-8,11,13-14,16-17,19-20,22-23,25-26,28-29,31-32,34-35,38,44,46,49-50,53-54H,3-4,9-10,12,15,18,21,24,27,30,33,36-37,39-43,45,47-48H2,1-2H3,(H,52,55)/b7-5-,8-6+,13-11-,17-16-,20-19-,23-22-,26-25-,29-28-,32-31-,35-34-,38-14+,46-44+. The van der Waals surface area contributed by atoms with Gasteiger partial charge in [-0.15, -0.1) is 0 Å². The topological polar surface area (TPSA) is 69.6 Å². The molecule has 0 aromatic heterocycles. The van der Waals surface area contributed by atoms with Crippen LogP contribution in [0.25, 0.3) is 0 Å². The summed E-state index contributed by atoms with van der Waals surface area (Å²) in [5.74, 6) is -0.108. The van der Waals surface area contributed by atoms with Crippen molar-refractivity contribution in [2.24, 2.45) is 0 Å². The fourth-order valence-corrected chi connectivity index (χ4v) is 5.32. The first-order valence-corrected chi connectivity index (χ1v) is 21.5. The highest BCUT2D eigenvalue weighted by Gasteiger charge is 2.17. The Morgan fingerprint density at radius 1 is 0.436 bits per heavy atom. The van der Waals surface area contributed by atoms with E-state index in [1.165, 1.54) is 6.42 Å². The van der Waals surface area contributed by atoms with Gasteiger partial charge in [0, 0.05) is 6.42 Å². The van der Waals surface area contributed by atoms with Gasteiger partial charge in [-0.1, -0.05) is 179 Å². The maximum absolute atomic E-state index is 12.3. The number of unbranched alkanes of at least 4 members (excludes halogenated alkanes) is 7. The molecule has 0 aromatic rings. The van der Waals surface area contributed by atoms with Crippen LogP contribution in [0.3, 0.4) is 0 Å². The van der Waals surface area contributed by atoms with Gasteiger partial charge < -0.3 is 15.5 Å². The Morgan fingerprint density at radius 3 is 1.20 bits per heavy atom. The number of rotatable bonds is 36. The fraction of sp³-hybridized carbons (Fsp3) is 0.510. The molecule has 0 rings (SSSR count). The van der Waals surface area contributed by atoms with Crippen LogP contribution in [0.15, 0.2) is 146 Å². The summed E-state index contributed by atoms with van der Waals surface area (Å²) < 4.78 is 0. The van der Waals surface area contributed by atoms with Crippen molar-refractivity contribution in [1.82, 2.24) is 5.32 Å². The monoisotopic (exact) mass is 754 g/mol. The first kappa shape index (κ1) is 51.3. The van der Waals surface area contributed by atoms with Gasteiger partial charge in [0.15, 0.2) is 0 Å². The molecule has 0 fully saturated rings. The van der Waals surface area contributed by atoms with E-state index in [1.807, 2.05) is 6.08 Å². The second-order valence-corrected chi connectivity index (χ2v) is 13.6. The zero-order valence-corrected chi connectivity index (χ0v) is 34.9. The Kier molecular flexibility index (Phi) is 41.6. The lowest BCUT2D eigenvalue weighted by atomic mass is 10.1. The number of carbonyl (C=O) groups excluding carboxylic acids is 1. The van der Waals surface area contributed by atoms with Crippen molar-refractivity contribution in [2.45, 2.75) is 161 Å². The largest absolute Gasteiger partial charge is 0.394 e. The third kappa shape index (κ3) is 41.3. The fourth-order valence-electron chi connectivity index (χ4n) is 5.32. The molecular formula is C51H79NO3. The molecule has 2 atom stereocenters. The molecule has 0 aliphatic carbocycles. The average Bonchev–Trinajstić information content (AvgIpc) is 3.19. The number of amides is 1. The number of aliphatic hydroxyl groups excluding tert-OH is 2. The maximum Gasteiger partial charge on any atom is 0.220 e. The highest BCUT2D eigenvalue weighted by molar-refractivity contribution is 5.76. The van der Waals surface area contributed by atoms with Gasteiger partial charge >= 0.3 is 0 Å². The Balaban J connectivity index is 3.74. The van der Waals surface area contributed by atoms with Gasteiger partial charge in [-0.05, 0) is 109 Å². The second-order valence-electron chi connectivity index (χ2n) is 13.6. The lowest BCUT2D eigenvalue weighted by molar-refractivity contribution is -0.123. The molecule has 0 spiro atoms. The molecule has 306 valence electrons. The SMILES string of the molecule is CC/C=C\C/C=C\C/C=C\C/C=C\C/C=C\C/C=C\C/C=C\C/C=C\C/C=C\CCCCCCCC(=O)NC(CO)C(O)/C=C/CC/C=C/CC/C=C/CC. The van der Waals surface area contributed by atoms with Crippen molar-refractivity contribution >= 4 is 5.91 Å². The Labute approximate surface area is 338 Å². The molecule has 4 nitrogen and oxygen atoms in total. The quantitative estimate of drug-likeness (QED) is 0.0441. The van der Waals surface area contributed by atoms with Crippen LogP contribution < -0.4 is 5.32 Å². The minimum absolute atomic E-state index is 0.108. The molecule has 2 unspecified atom stereocenters. The first-order chi connectivity index (χ1) is 27.2. The smallest absolute Gasteiger partial charge is 0.220 e. The first-order valence-electron chi connectivity index (χ1n) is 21.5. The van der Waals surface area contributed by atoms with Crippen molar-refractivity contribution in [1.29, 1.82) is 0 Å². The molecule has 0 saturated carbocycles. The average molecular weight is 754 g/mol. The third-order valence-corrected chi connectivity index (χ3v) is 8.55. The van der Waals surface area contributed by atoms with Crippen LogP contribution in [-0.2, 0) is 4.79 Å². The van der Waals surface area contributed by atoms with Gasteiger partial charge in [0.1, 0.15) is 0 Å². The minimum atomic E-state index is -0.887.